The van der Waals surface area contributed by atoms with Crippen LogP contribution in [0.1, 0.15) is 12.0 Å². The summed E-state index contributed by atoms with van der Waals surface area (Å²) in [6.07, 6.45) is -4.22. The first kappa shape index (κ1) is 21.3. The topological polar surface area (TPSA) is 65.1 Å². The minimum Gasteiger partial charge on any atom is -0.497 e. The number of alkyl halides is 3. The van der Waals surface area contributed by atoms with Gasteiger partial charge in [-0.25, -0.2) is 0 Å². The molecule has 0 bridgehead atoms. The molecular formula is C17H20F3NO5. The van der Waals surface area contributed by atoms with Gasteiger partial charge >= 0.3 is 12.1 Å². The zero-order valence-corrected chi connectivity index (χ0v) is 14.6. The third-order valence-electron chi connectivity index (χ3n) is 3.36. The van der Waals surface area contributed by atoms with Crippen LogP contribution < -0.4 is 9.47 Å². The molecule has 0 heterocycles. The first-order valence-electron chi connectivity index (χ1n) is 7.50. The highest BCUT2D eigenvalue weighted by molar-refractivity contribution is 5.94. The maximum absolute atomic E-state index is 12.3. The Balaban J connectivity index is 3.02. The maximum atomic E-state index is 12.3. The molecule has 9 heteroatoms. The van der Waals surface area contributed by atoms with Crippen molar-refractivity contribution < 1.29 is 37.0 Å². The average Bonchev–Trinajstić information content (AvgIpc) is 2.59. The van der Waals surface area contributed by atoms with Crippen LogP contribution in [0.15, 0.2) is 30.4 Å². The zero-order valence-electron chi connectivity index (χ0n) is 14.6. The van der Waals surface area contributed by atoms with Crippen molar-refractivity contribution >= 4 is 11.9 Å². The van der Waals surface area contributed by atoms with E-state index in [-0.39, 0.29) is 19.2 Å². The number of halogens is 3. The Morgan fingerprint density at radius 2 is 1.85 bits per heavy atom. The van der Waals surface area contributed by atoms with Crippen LogP contribution in [0.3, 0.4) is 0 Å². The van der Waals surface area contributed by atoms with Crippen LogP contribution in [0.2, 0.25) is 0 Å². The Morgan fingerprint density at radius 1 is 1.15 bits per heavy atom. The van der Waals surface area contributed by atoms with Gasteiger partial charge in [-0.1, -0.05) is 6.08 Å². The zero-order chi connectivity index (χ0) is 19.7. The number of benzene rings is 1. The van der Waals surface area contributed by atoms with E-state index >= 15 is 0 Å². The number of hydrogen-bond acceptors (Lipinski definition) is 5. The molecule has 6 nitrogen and oxygen atoms in total. The number of amides is 1. The molecule has 0 saturated carbocycles. The first-order valence-corrected chi connectivity index (χ1v) is 7.50. The van der Waals surface area contributed by atoms with Crippen molar-refractivity contribution in [2.45, 2.75) is 19.1 Å². The Labute approximate surface area is 149 Å². The van der Waals surface area contributed by atoms with Crippen molar-refractivity contribution in [1.29, 1.82) is 0 Å². The van der Waals surface area contributed by atoms with Gasteiger partial charge in [0.25, 0.3) is 0 Å². The predicted octanol–water partition coefficient (Wildman–Crippen LogP) is 2.71. The molecule has 1 aromatic rings. The molecule has 1 rings (SSSR count). The van der Waals surface area contributed by atoms with E-state index in [9.17, 15) is 22.8 Å². The second-order valence-corrected chi connectivity index (χ2v) is 5.15. The Hall–Kier alpha value is -2.71. The fourth-order valence-corrected chi connectivity index (χ4v) is 2.06. The standard InChI is InChI=1S/C17H20F3NO5/c1-24-13-6-5-12(14(9-13)25-2)11-21(8-4-7-17(18,19)20)15(22)10-16(23)26-3/h4-7,9H,8,10-11H2,1-3H3/b7-4+. The van der Waals surface area contributed by atoms with Gasteiger partial charge in [0, 0.05) is 30.8 Å². The van der Waals surface area contributed by atoms with E-state index in [1.807, 2.05) is 0 Å². The third-order valence-corrected chi connectivity index (χ3v) is 3.36. The van der Waals surface area contributed by atoms with Gasteiger partial charge in [0.15, 0.2) is 0 Å². The van der Waals surface area contributed by atoms with Crippen molar-refractivity contribution in [3.05, 3.63) is 35.9 Å². The molecule has 0 aliphatic carbocycles. The quantitative estimate of drug-likeness (QED) is 0.397. The largest absolute Gasteiger partial charge is 0.497 e. The van der Waals surface area contributed by atoms with Crippen molar-refractivity contribution in [2.75, 3.05) is 27.9 Å². The number of carbonyl (C=O) groups excluding carboxylic acids is 2. The summed E-state index contributed by atoms with van der Waals surface area (Å²) in [7, 11) is 4.01. The number of allylic oxidation sites excluding steroid dienone is 1. The van der Waals surface area contributed by atoms with Gasteiger partial charge in [-0.15, -0.1) is 0 Å². The second kappa shape index (κ2) is 9.69. The van der Waals surface area contributed by atoms with E-state index in [2.05, 4.69) is 4.74 Å². The molecule has 0 unspecified atom stereocenters. The fourth-order valence-electron chi connectivity index (χ4n) is 2.06. The third kappa shape index (κ3) is 7.04. The van der Waals surface area contributed by atoms with Gasteiger partial charge in [0.1, 0.15) is 17.9 Å². The molecule has 0 atom stereocenters. The van der Waals surface area contributed by atoms with Crippen molar-refractivity contribution in [3.63, 3.8) is 0 Å². The molecule has 1 aromatic carbocycles. The molecule has 26 heavy (non-hydrogen) atoms. The summed E-state index contributed by atoms with van der Waals surface area (Å²) in [6.45, 7) is -0.379. The van der Waals surface area contributed by atoms with Gasteiger partial charge in [0.05, 0.1) is 21.3 Å². The Bertz CT molecular complexity index is 658. The lowest BCUT2D eigenvalue weighted by molar-refractivity contribution is -0.146. The summed E-state index contributed by atoms with van der Waals surface area (Å²) in [6, 6.07) is 4.85. The Morgan fingerprint density at radius 3 is 2.38 bits per heavy atom. The number of methoxy groups -OCH3 is 3. The Kier molecular flexibility index (Phi) is 7.95. The van der Waals surface area contributed by atoms with Crippen LogP contribution in [0.4, 0.5) is 13.2 Å². The molecule has 0 aromatic heterocycles. The van der Waals surface area contributed by atoms with Crippen molar-refractivity contribution in [2.24, 2.45) is 0 Å². The first-order chi connectivity index (χ1) is 12.2. The summed E-state index contributed by atoms with van der Waals surface area (Å²) < 4.78 is 51.6. The molecule has 0 N–H and O–H groups in total. The van der Waals surface area contributed by atoms with E-state index < -0.39 is 24.5 Å². The van der Waals surface area contributed by atoms with Gasteiger partial charge in [-0.2, -0.15) is 13.2 Å². The summed E-state index contributed by atoms with van der Waals surface area (Å²) >= 11 is 0. The van der Waals surface area contributed by atoms with E-state index in [4.69, 9.17) is 9.47 Å². The molecule has 0 aliphatic rings. The highest BCUT2D eigenvalue weighted by Gasteiger charge is 2.23. The molecular weight excluding hydrogens is 355 g/mol. The van der Waals surface area contributed by atoms with Gasteiger partial charge in [-0.05, 0) is 12.1 Å². The van der Waals surface area contributed by atoms with E-state index in [0.717, 1.165) is 18.1 Å². The minimum absolute atomic E-state index is 0.0384. The number of nitrogens with zero attached hydrogens (tertiary/aromatic N) is 1. The number of hydrogen-bond donors (Lipinski definition) is 0. The van der Waals surface area contributed by atoms with Crippen molar-refractivity contribution in [1.82, 2.24) is 4.90 Å². The van der Waals surface area contributed by atoms with E-state index in [1.54, 1.807) is 18.2 Å². The van der Waals surface area contributed by atoms with Crippen molar-refractivity contribution in [3.8, 4) is 11.5 Å². The highest BCUT2D eigenvalue weighted by Crippen LogP contribution is 2.26. The monoisotopic (exact) mass is 375 g/mol. The number of ether oxygens (including phenoxy) is 3. The van der Waals surface area contributed by atoms with E-state index in [1.165, 1.54) is 14.2 Å². The predicted molar refractivity (Wildman–Crippen MR) is 86.8 cm³/mol. The van der Waals surface area contributed by atoms with Gasteiger partial charge in [-0.3, -0.25) is 9.59 Å². The number of rotatable bonds is 8. The molecule has 0 spiro atoms. The second-order valence-electron chi connectivity index (χ2n) is 5.15. The lowest BCUT2D eigenvalue weighted by atomic mass is 10.1. The SMILES string of the molecule is COC(=O)CC(=O)N(C/C=C/C(F)(F)F)Cc1ccc(OC)cc1OC. The van der Waals surface area contributed by atoms with Crippen LogP contribution in [0, 0.1) is 0 Å². The summed E-state index contributed by atoms with van der Waals surface area (Å²) in [5.74, 6) is -0.516. The summed E-state index contributed by atoms with van der Waals surface area (Å²) in [5, 5.41) is 0. The molecule has 0 aliphatic heterocycles. The van der Waals surface area contributed by atoms with Crippen LogP contribution in [-0.4, -0.2) is 50.8 Å². The molecule has 0 fully saturated rings. The van der Waals surface area contributed by atoms with Crippen LogP contribution >= 0.6 is 0 Å². The van der Waals surface area contributed by atoms with Gasteiger partial charge in [0.2, 0.25) is 5.91 Å². The van der Waals surface area contributed by atoms with Gasteiger partial charge < -0.3 is 19.1 Å². The molecule has 0 radical (unpaired) electrons. The van der Waals surface area contributed by atoms with Crippen LogP contribution in [-0.2, 0) is 20.9 Å². The molecule has 0 saturated heterocycles. The summed E-state index contributed by atoms with van der Waals surface area (Å²) in [4.78, 5) is 24.7. The fraction of sp³-hybridized carbons (Fsp3) is 0.412. The number of esters is 1. The summed E-state index contributed by atoms with van der Waals surface area (Å²) in [5.41, 5.74) is 0.548. The lowest BCUT2D eigenvalue weighted by Crippen LogP contribution is -2.32. The van der Waals surface area contributed by atoms with E-state index in [0.29, 0.717) is 17.1 Å². The number of carbonyl (C=O) groups is 2. The van der Waals surface area contributed by atoms with Crippen LogP contribution in [0.25, 0.3) is 0 Å². The molecule has 144 valence electrons. The smallest absolute Gasteiger partial charge is 0.409 e. The maximum Gasteiger partial charge on any atom is 0.409 e. The average molecular weight is 375 g/mol. The highest BCUT2D eigenvalue weighted by atomic mass is 19.4. The minimum atomic E-state index is -4.49. The lowest BCUT2D eigenvalue weighted by Gasteiger charge is -2.22. The van der Waals surface area contributed by atoms with Crippen LogP contribution in [0.5, 0.6) is 11.5 Å². The normalized spacial score (nSPS) is 11.3. The molecule has 1 amide bonds.